The second-order valence-corrected chi connectivity index (χ2v) is 9.77. The van der Waals surface area contributed by atoms with Crippen LogP contribution >= 0.6 is 46.3 Å². The molecule has 0 radical (unpaired) electrons. The molecule has 5 nitrogen and oxygen atoms in total. The molecule has 0 bridgehead atoms. The summed E-state index contributed by atoms with van der Waals surface area (Å²) in [6.07, 6.45) is 1.70. The summed E-state index contributed by atoms with van der Waals surface area (Å²) in [5, 5.41) is 4.20. The molecular formula is C24H15Cl2N3O2S2. The molecule has 1 aliphatic heterocycles. The number of furan rings is 1. The fraction of sp³-hybridized carbons (Fsp3) is 0.0417. The largest absolute Gasteiger partial charge is 0.457 e. The smallest absolute Gasteiger partial charge is 0.266 e. The van der Waals surface area contributed by atoms with Crippen molar-refractivity contribution in [1.82, 2.24) is 9.88 Å². The van der Waals surface area contributed by atoms with Crippen molar-refractivity contribution in [1.29, 1.82) is 0 Å². The fourth-order valence-electron chi connectivity index (χ4n) is 3.18. The molecule has 5 rings (SSSR count). The highest BCUT2D eigenvalue weighted by Gasteiger charge is 2.31. The normalized spacial score (nSPS) is 16.3. The predicted molar refractivity (Wildman–Crippen MR) is 137 cm³/mol. The molecule has 0 aliphatic carbocycles. The van der Waals surface area contributed by atoms with E-state index in [1.54, 1.807) is 43.5 Å². The fourth-order valence-corrected chi connectivity index (χ4v) is 5.27. The molecule has 0 unspecified atom stereocenters. The van der Waals surface area contributed by atoms with Crippen LogP contribution in [-0.4, -0.2) is 28.0 Å². The number of hydrogen-bond donors (Lipinski definition) is 0. The van der Waals surface area contributed by atoms with Crippen LogP contribution in [0.25, 0.3) is 28.7 Å². The maximum Gasteiger partial charge on any atom is 0.266 e. The molecule has 0 N–H and O–H groups in total. The van der Waals surface area contributed by atoms with Crippen LogP contribution in [0.2, 0.25) is 10.0 Å². The molecule has 1 aliphatic rings. The van der Waals surface area contributed by atoms with Gasteiger partial charge in [0.15, 0.2) is 5.17 Å². The number of aromatic nitrogens is 1. The molecule has 33 heavy (non-hydrogen) atoms. The monoisotopic (exact) mass is 511 g/mol. The van der Waals surface area contributed by atoms with Gasteiger partial charge in [-0.15, -0.1) is 11.3 Å². The van der Waals surface area contributed by atoms with Gasteiger partial charge in [0.2, 0.25) is 5.13 Å². The van der Waals surface area contributed by atoms with Crippen molar-refractivity contribution in [2.24, 2.45) is 4.99 Å². The summed E-state index contributed by atoms with van der Waals surface area (Å²) in [4.78, 5) is 24.0. The first-order valence-corrected chi connectivity index (χ1v) is 12.3. The first kappa shape index (κ1) is 22.0. The summed E-state index contributed by atoms with van der Waals surface area (Å²) >= 11 is 15.1. The third kappa shape index (κ3) is 4.63. The van der Waals surface area contributed by atoms with E-state index in [1.807, 2.05) is 35.7 Å². The number of aliphatic imine (C=N–C) groups is 1. The SMILES string of the molecule is CN1C(=O)/C(=C\c2ccc(-c3cc(Cl)ccc3Cl)o2)S/C1=N/c1nc(-c2ccccc2)cs1. The van der Waals surface area contributed by atoms with E-state index >= 15 is 0 Å². The van der Waals surface area contributed by atoms with Crippen LogP contribution in [0, 0.1) is 0 Å². The maximum absolute atomic E-state index is 12.8. The van der Waals surface area contributed by atoms with Crippen molar-refractivity contribution >= 4 is 68.6 Å². The number of rotatable bonds is 4. The van der Waals surface area contributed by atoms with Crippen LogP contribution < -0.4 is 0 Å². The van der Waals surface area contributed by atoms with Crippen molar-refractivity contribution < 1.29 is 9.21 Å². The van der Waals surface area contributed by atoms with Gasteiger partial charge >= 0.3 is 0 Å². The topological polar surface area (TPSA) is 58.7 Å². The Balaban J connectivity index is 1.38. The number of amides is 1. The second-order valence-electron chi connectivity index (χ2n) is 7.08. The molecule has 0 saturated carbocycles. The first-order valence-electron chi connectivity index (χ1n) is 9.80. The number of thiazole rings is 1. The minimum absolute atomic E-state index is 0.155. The lowest BCUT2D eigenvalue weighted by atomic mass is 10.2. The Hall–Kier alpha value is -2.84. The minimum Gasteiger partial charge on any atom is -0.457 e. The van der Waals surface area contributed by atoms with E-state index in [4.69, 9.17) is 27.6 Å². The third-order valence-corrected chi connectivity index (χ3v) is 7.21. The number of amidine groups is 1. The Kier molecular flexibility index (Phi) is 6.12. The van der Waals surface area contributed by atoms with E-state index in [0.717, 1.165) is 11.3 Å². The molecule has 1 fully saturated rings. The molecule has 2 aromatic heterocycles. The Morgan fingerprint density at radius 2 is 1.91 bits per heavy atom. The van der Waals surface area contributed by atoms with Gasteiger partial charge in [-0.2, -0.15) is 4.99 Å². The quantitative estimate of drug-likeness (QED) is 0.264. The zero-order chi connectivity index (χ0) is 22.9. The van der Waals surface area contributed by atoms with Crippen molar-refractivity contribution in [2.45, 2.75) is 0 Å². The van der Waals surface area contributed by atoms with E-state index < -0.39 is 0 Å². The first-order chi connectivity index (χ1) is 16.0. The summed E-state index contributed by atoms with van der Waals surface area (Å²) < 4.78 is 5.90. The number of carbonyl (C=O) groups excluding carboxylic acids is 1. The Bertz CT molecular complexity index is 1410. The highest BCUT2D eigenvalue weighted by atomic mass is 35.5. The van der Waals surface area contributed by atoms with Gasteiger partial charge < -0.3 is 4.42 Å². The molecule has 0 atom stereocenters. The van der Waals surface area contributed by atoms with Crippen LogP contribution in [0.3, 0.4) is 0 Å². The summed E-state index contributed by atoms with van der Waals surface area (Å²) in [5.74, 6) is 0.952. The number of carbonyl (C=O) groups is 1. The number of benzene rings is 2. The minimum atomic E-state index is -0.155. The molecule has 1 amide bonds. The molecule has 4 aromatic rings. The molecule has 1 saturated heterocycles. The van der Waals surface area contributed by atoms with Crippen molar-refractivity contribution in [3.8, 4) is 22.6 Å². The van der Waals surface area contributed by atoms with Crippen molar-refractivity contribution in [2.75, 3.05) is 7.05 Å². The number of nitrogens with zero attached hydrogens (tertiary/aromatic N) is 3. The average Bonchev–Trinajstić information content (AvgIpc) is 3.54. The third-order valence-electron chi connectivity index (χ3n) is 4.85. The lowest BCUT2D eigenvalue weighted by Crippen LogP contribution is -2.23. The zero-order valence-corrected chi connectivity index (χ0v) is 20.3. The standard InChI is InChI=1S/C24H15Cl2N3O2S2/c1-29-22(30)21(12-16-8-10-20(31-16)17-11-15(25)7-9-18(17)26)33-24(29)28-23-27-19(13-32-23)14-5-3-2-4-6-14/h2-13H,1H3/b21-12+,28-24+. The Labute approximate surface area is 208 Å². The summed E-state index contributed by atoms with van der Waals surface area (Å²) in [6, 6.07) is 18.7. The lowest BCUT2D eigenvalue weighted by molar-refractivity contribution is -0.121. The molecule has 9 heteroatoms. The molecular weight excluding hydrogens is 497 g/mol. The molecule has 2 aromatic carbocycles. The van der Waals surface area contributed by atoms with Gasteiger partial charge in [-0.25, -0.2) is 4.98 Å². The zero-order valence-electron chi connectivity index (χ0n) is 17.2. The highest BCUT2D eigenvalue weighted by Crippen LogP contribution is 2.36. The van der Waals surface area contributed by atoms with Crippen molar-refractivity contribution in [3.05, 3.63) is 86.8 Å². The summed E-state index contributed by atoms with van der Waals surface area (Å²) in [5.41, 5.74) is 2.57. The molecule has 3 heterocycles. The number of thioether (sulfide) groups is 1. The van der Waals surface area contributed by atoms with Gasteiger partial charge in [0.25, 0.3) is 5.91 Å². The van der Waals surface area contributed by atoms with Crippen LogP contribution in [0.1, 0.15) is 5.76 Å². The molecule has 0 spiro atoms. The summed E-state index contributed by atoms with van der Waals surface area (Å²) in [6.45, 7) is 0. The maximum atomic E-state index is 12.8. The van der Waals surface area contributed by atoms with Gasteiger partial charge in [-0.1, -0.05) is 53.5 Å². The van der Waals surface area contributed by atoms with Gasteiger partial charge in [0, 0.05) is 34.7 Å². The Morgan fingerprint density at radius 1 is 1.09 bits per heavy atom. The number of hydrogen-bond acceptors (Lipinski definition) is 6. The van der Waals surface area contributed by atoms with Gasteiger partial charge in [-0.3, -0.25) is 9.69 Å². The Morgan fingerprint density at radius 3 is 2.73 bits per heavy atom. The van der Waals surface area contributed by atoms with Crippen LogP contribution in [0.5, 0.6) is 0 Å². The van der Waals surface area contributed by atoms with E-state index in [0.29, 0.717) is 42.3 Å². The molecule has 164 valence electrons. The van der Waals surface area contributed by atoms with E-state index in [2.05, 4.69) is 9.98 Å². The van der Waals surface area contributed by atoms with Gasteiger partial charge in [-0.05, 0) is 42.1 Å². The van der Waals surface area contributed by atoms with Crippen LogP contribution in [0.4, 0.5) is 5.13 Å². The number of halogens is 2. The average molecular weight is 512 g/mol. The highest BCUT2D eigenvalue weighted by molar-refractivity contribution is 8.18. The second kappa shape index (κ2) is 9.19. The van der Waals surface area contributed by atoms with Crippen LogP contribution in [0.15, 0.2) is 80.4 Å². The number of likely N-dealkylation sites (N-methyl/N-ethyl adjacent to an activating group) is 1. The van der Waals surface area contributed by atoms with Gasteiger partial charge in [0.05, 0.1) is 15.6 Å². The van der Waals surface area contributed by atoms with Crippen LogP contribution in [-0.2, 0) is 4.79 Å². The summed E-state index contributed by atoms with van der Waals surface area (Å²) in [7, 11) is 1.69. The van der Waals surface area contributed by atoms with E-state index in [9.17, 15) is 4.79 Å². The van der Waals surface area contributed by atoms with Gasteiger partial charge in [0.1, 0.15) is 11.5 Å². The van der Waals surface area contributed by atoms with Crippen molar-refractivity contribution in [3.63, 3.8) is 0 Å². The van der Waals surface area contributed by atoms with E-state index in [-0.39, 0.29) is 5.91 Å². The lowest BCUT2D eigenvalue weighted by Gasteiger charge is -2.05. The van der Waals surface area contributed by atoms with E-state index in [1.165, 1.54) is 28.0 Å². The predicted octanol–water partition coefficient (Wildman–Crippen LogP) is 7.61.